The SMILES string of the molecule is Cc1cc(Br)c2c(c1)CCc1cc(Br)cnc1C2C1CCN(C(=O)CCCN)CC1. The predicted octanol–water partition coefficient (Wildman–Crippen LogP) is 5.12. The van der Waals surface area contributed by atoms with Gasteiger partial charge in [-0.2, -0.15) is 0 Å². The number of rotatable bonds is 4. The molecule has 2 aromatic rings. The van der Waals surface area contributed by atoms with Crippen molar-refractivity contribution in [2.24, 2.45) is 11.7 Å². The lowest BCUT2D eigenvalue weighted by Gasteiger charge is -2.37. The van der Waals surface area contributed by atoms with Crippen LogP contribution in [0, 0.1) is 12.8 Å². The van der Waals surface area contributed by atoms with Gasteiger partial charge in [-0.05, 0) is 102 Å². The molecular weight excluding hydrogens is 506 g/mol. The molecule has 1 unspecified atom stereocenters. The van der Waals surface area contributed by atoms with Crippen LogP contribution in [0.2, 0.25) is 0 Å². The minimum Gasteiger partial charge on any atom is -0.343 e. The molecular formula is C24H29Br2N3O. The van der Waals surface area contributed by atoms with Crippen LogP contribution >= 0.6 is 31.9 Å². The van der Waals surface area contributed by atoms with Crippen LogP contribution in [0.4, 0.5) is 0 Å². The van der Waals surface area contributed by atoms with E-state index in [0.29, 0.717) is 18.9 Å². The highest BCUT2D eigenvalue weighted by molar-refractivity contribution is 9.10. The van der Waals surface area contributed by atoms with Crippen molar-refractivity contribution in [3.8, 4) is 0 Å². The molecule has 0 radical (unpaired) electrons. The number of carbonyl (C=O) groups excluding carboxylic acids is 1. The van der Waals surface area contributed by atoms with Gasteiger partial charge in [0.2, 0.25) is 5.91 Å². The molecule has 1 aromatic heterocycles. The van der Waals surface area contributed by atoms with Gasteiger partial charge in [-0.3, -0.25) is 9.78 Å². The maximum Gasteiger partial charge on any atom is 0.222 e. The molecule has 2 aliphatic rings. The van der Waals surface area contributed by atoms with E-state index in [9.17, 15) is 4.79 Å². The Morgan fingerprint density at radius 1 is 1.17 bits per heavy atom. The zero-order valence-electron chi connectivity index (χ0n) is 17.5. The highest BCUT2D eigenvalue weighted by Gasteiger charge is 2.36. The lowest BCUT2D eigenvalue weighted by atomic mass is 9.76. The fourth-order valence-electron chi connectivity index (χ4n) is 5.11. The van der Waals surface area contributed by atoms with E-state index in [-0.39, 0.29) is 11.8 Å². The normalized spacial score (nSPS) is 19.2. The van der Waals surface area contributed by atoms with Crippen LogP contribution in [-0.2, 0) is 17.6 Å². The zero-order chi connectivity index (χ0) is 21.3. The first-order valence-electron chi connectivity index (χ1n) is 10.9. The van der Waals surface area contributed by atoms with Crippen molar-refractivity contribution in [1.82, 2.24) is 9.88 Å². The number of aromatic nitrogens is 1. The van der Waals surface area contributed by atoms with Crippen LogP contribution in [0.1, 0.15) is 59.5 Å². The Morgan fingerprint density at radius 2 is 1.90 bits per heavy atom. The molecule has 1 amide bonds. The van der Waals surface area contributed by atoms with Crippen molar-refractivity contribution < 1.29 is 4.79 Å². The number of aryl methyl sites for hydroxylation is 3. The Bertz CT molecular complexity index is 938. The van der Waals surface area contributed by atoms with Gasteiger partial charge in [0.25, 0.3) is 0 Å². The van der Waals surface area contributed by atoms with E-state index in [4.69, 9.17) is 10.7 Å². The number of piperidine rings is 1. The molecule has 2 N–H and O–H groups in total. The molecule has 160 valence electrons. The Hall–Kier alpha value is -1.24. The van der Waals surface area contributed by atoms with E-state index in [1.54, 1.807) is 0 Å². The number of likely N-dealkylation sites (tertiary alicyclic amines) is 1. The lowest BCUT2D eigenvalue weighted by Crippen LogP contribution is -2.40. The first-order valence-corrected chi connectivity index (χ1v) is 12.5. The molecule has 1 aromatic carbocycles. The molecule has 0 saturated carbocycles. The van der Waals surface area contributed by atoms with Gasteiger partial charge in [-0.25, -0.2) is 0 Å². The molecule has 4 rings (SSSR count). The van der Waals surface area contributed by atoms with E-state index in [1.807, 2.05) is 11.1 Å². The number of nitrogens with two attached hydrogens (primary N) is 1. The molecule has 1 aliphatic heterocycles. The Morgan fingerprint density at radius 3 is 2.63 bits per heavy atom. The summed E-state index contributed by atoms with van der Waals surface area (Å²) < 4.78 is 2.24. The molecule has 4 nitrogen and oxygen atoms in total. The van der Waals surface area contributed by atoms with Gasteiger partial charge >= 0.3 is 0 Å². The second kappa shape index (κ2) is 9.49. The molecule has 2 heterocycles. The number of benzene rings is 1. The first-order chi connectivity index (χ1) is 14.5. The average molecular weight is 535 g/mol. The molecule has 0 spiro atoms. The molecule has 0 bridgehead atoms. The number of halogens is 2. The standard InChI is InChI=1S/C24H29Br2N3O/c1-15-11-17-4-5-18-13-19(25)14-28-24(18)23(22(17)20(26)12-15)16-6-9-29(10-7-16)21(30)3-2-8-27/h11-14,16,23H,2-10,27H2,1H3. The molecule has 1 atom stereocenters. The fraction of sp³-hybridized carbons (Fsp3) is 0.500. The second-order valence-electron chi connectivity index (χ2n) is 8.61. The number of hydrogen-bond donors (Lipinski definition) is 1. The van der Waals surface area contributed by atoms with Crippen LogP contribution < -0.4 is 5.73 Å². The van der Waals surface area contributed by atoms with Crippen molar-refractivity contribution in [3.63, 3.8) is 0 Å². The van der Waals surface area contributed by atoms with Crippen LogP contribution in [0.3, 0.4) is 0 Å². The third-order valence-corrected chi connectivity index (χ3v) is 7.65. The molecule has 30 heavy (non-hydrogen) atoms. The molecule has 1 aliphatic carbocycles. The predicted molar refractivity (Wildman–Crippen MR) is 128 cm³/mol. The largest absolute Gasteiger partial charge is 0.343 e. The zero-order valence-corrected chi connectivity index (χ0v) is 20.6. The van der Waals surface area contributed by atoms with Gasteiger partial charge < -0.3 is 10.6 Å². The summed E-state index contributed by atoms with van der Waals surface area (Å²) in [5, 5.41) is 0. The van der Waals surface area contributed by atoms with Crippen molar-refractivity contribution in [3.05, 3.63) is 61.3 Å². The van der Waals surface area contributed by atoms with Crippen molar-refractivity contribution in [2.75, 3.05) is 19.6 Å². The van der Waals surface area contributed by atoms with E-state index >= 15 is 0 Å². The van der Waals surface area contributed by atoms with Gasteiger partial charge in [-0.1, -0.05) is 22.0 Å². The third kappa shape index (κ3) is 4.51. The smallest absolute Gasteiger partial charge is 0.222 e. The third-order valence-electron chi connectivity index (χ3n) is 6.56. The van der Waals surface area contributed by atoms with Crippen LogP contribution in [0.25, 0.3) is 0 Å². The summed E-state index contributed by atoms with van der Waals surface area (Å²) in [5.41, 5.74) is 12.3. The van der Waals surface area contributed by atoms with Gasteiger partial charge in [0.05, 0.1) is 5.69 Å². The summed E-state index contributed by atoms with van der Waals surface area (Å²) in [6.45, 7) is 4.40. The lowest BCUT2D eigenvalue weighted by molar-refractivity contribution is -0.132. The number of carbonyl (C=O) groups is 1. The van der Waals surface area contributed by atoms with Gasteiger partial charge in [0.1, 0.15) is 0 Å². The Kier molecular flexibility index (Phi) is 6.95. The molecule has 1 saturated heterocycles. The van der Waals surface area contributed by atoms with E-state index in [1.165, 1.54) is 32.4 Å². The first kappa shape index (κ1) is 22.0. The molecule has 6 heteroatoms. The minimum absolute atomic E-state index is 0.249. The summed E-state index contributed by atoms with van der Waals surface area (Å²) in [6, 6.07) is 6.83. The summed E-state index contributed by atoms with van der Waals surface area (Å²) in [6.07, 6.45) is 7.34. The van der Waals surface area contributed by atoms with Crippen molar-refractivity contribution in [2.45, 2.75) is 51.4 Å². The highest BCUT2D eigenvalue weighted by atomic mass is 79.9. The second-order valence-corrected chi connectivity index (χ2v) is 10.4. The van der Waals surface area contributed by atoms with Gasteiger partial charge in [0, 0.05) is 40.6 Å². The van der Waals surface area contributed by atoms with Crippen LogP contribution in [0.5, 0.6) is 0 Å². The number of fused-ring (bicyclic) bond motifs is 2. The Labute approximate surface area is 195 Å². The van der Waals surface area contributed by atoms with Gasteiger partial charge in [0.15, 0.2) is 0 Å². The van der Waals surface area contributed by atoms with E-state index in [0.717, 1.165) is 49.7 Å². The van der Waals surface area contributed by atoms with Crippen molar-refractivity contribution in [1.29, 1.82) is 0 Å². The monoisotopic (exact) mass is 533 g/mol. The summed E-state index contributed by atoms with van der Waals surface area (Å²) in [5.74, 6) is 0.994. The number of hydrogen-bond acceptors (Lipinski definition) is 3. The Balaban J connectivity index is 1.67. The summed E-state index contributed by atoms with van der Waals surface area (Å²) in [4.78, 5) is 19.4. The number of nitrogens with zero attached hydrogens (tertiary/aromatic N) is 2. The van der Waals surface area contributed by atoms with E-state index < -0.39 is 0 Å². The average Bonchev–Trinajstić information content (AvgIpc) is 2.89. The fourth-order valence-corrected chi connectivity index (χ4v) is 6.35. The maximum atomic E-state index is 12.5. The van der Waals surface area contributed by atoms with E-state index in [2.05, 4.69) is 57.0 Å². The maximum absolute atomic E-state index is 12.5. The highest BCUT2D eigenvalue weighted by Crippen LogP contribution is 2.45. The quantitative estimate of drug-likeness (QED) is 0.592. The van der Waals surface area contributed by atoms with Crippen LogP contribution in [-0.4, -0.2) is 35.4 Å². The van der Waals surface area contributed by atoms with Crippen LogP contribution in [0.15, 0.2) is 33.3 Å². The topological polar surface area (TPSA) is 59.2 Å². The summed E-state index contributed by atoms with van der Waals surface area (Å²) >= 11 is 7.50. The number of amides is 1. The van der Waals surface area contributed by atoms with Gasteiger partial charge in [-0.15, -0.1) is 0 Å². The number of pyridine rings is 1. The summed E-state index contributed by atoms with van der Waals surface area (Å²) in [7, 11) is 0. The minimum atomic E-state index is 0.249. The molecule has 1 fully saturated rings. The van der Waals surface area contributed by atoms with Crippen molar-refractivity contribution >= 4 is 37.8 Å².